The van der Waals surface area contributed by atoms with Crippen molar-refractivity contribution in [3.05, 3.63) is 70.5 Å². The van der Waals surface area contributed by atoms with Gasteiger partial charge in [-0.2, -0.15) is 4.37 Å². The summed E-state index contributed by atoms with van der Waals surface area (Å²) in [5.41, 5.74) is 11.5. The van der Waals surface area contributed by atoms with Crippen molar-refractivity contribution in [2.75, 3.05) is 29.6 Å². The molecule has 1 unspecified atom stereocenters. The zero-order chi connectivity index (χ0) is 27.5. The Balaban J connectivity index is 2.26. The molecule has 2 aromatic carbocycles. The summed E-state index contributed by atoms with van der Waals surface area (Å²) in [6.45, 7) is 5.63. The first kappa shape index (κ1) is 27.6. The van der Waals surface area contributed by atoms with Gasteiger partial charge in [-0.1, -0.05) is 31.2 Å². The second-order valence-corrected chi connectivity index (χ2v) is 10.2. The summed E-state index contributed by atoms with van der Waals surface area (Å²) in [5.74, 6) is -2.92. The first-order chi connectivity index (χ1) is 17.4. The molecule has 0 spiro atoms. The van der Waals surface area contributed by atoms with Crippen molar-refractivity contribution in [1.29, 1.82) is 0 Å². The average Bonchev–Trinajstić information content (AvgIpc) is 3.24. The summed E-state index contributed by atoms with van der Waals surface area (Å²) in [5, 5.41) is 2.97. The van der Waals surface area contributed by atoms with Crippen LogP contribution in [-0.2, 0) is 4.79 Å². The van der Waals surface area contributed by atoms with Gasteiger partial charge < -0.3 is 21.7 Å². The first-order valence-electron chi connectivity index (χ1n) is 11.6. The molecule has 1 heterocycles. The highest BCUT2D eigenvalue weighted by Crippen LogP contribution is 2.35. The highest BCUT2D eigenvalue weighted by Gasteiger charge is 2.38. The Labute approximate surface area is 219 Å². The highest BCUT2D eigenvalue weighted by molar-refractivity contribution is 7.09. The fourth-order valence-electron chi connectivity index (χ4n) is 3.61. The Kier molecular flexibility index (Phi) is 8.17. The zero-order valence-electron chi connectivity index (χ0n) is 21.4. The number of halogens is 1. The van der Waals surface area contributed by atoms with Crippen LogP contribution in [0.1, 0.15) is 59.0 Å². The largest absolute Gasteiger partial charge is 0.395 e. The monoisotopic (exact) mass is 526 g/mol. The van der Waals surface area contributed by atoms with Crippen LogP contribution in [0, 0.1) is 5.82 Å². The molecule has 11 heteroatoms. The predicted octanol–water partition coefficient (Wildman–Crippen LogP) is 3.72. The Hall–Kier alpha value is -3.99. The van der Waals surface area contributed by atoms with Crippen LogP contribution < -0.4 is 26.6 Å². The van der Waals surface area contributed by atoms with Crippen molar-refractivity contribution in [1.82, 2.24) is 9.69 Å². The molecule has 0 fully saturated rings. The van der Waals surface area contributed by atoms with Crippen molar-refractivity contribution < 1.29 is 18.8 Å². The number of hydrogen-bond donors (Lipinski definition) is 3. The van der Waals surface area contributed by atoms with Crippen LogP contribution in [0.5, 0.6) is 0 Å². The van der Waals surface area contributed by atoms with E-state index in [4.69, 9.17) is 11.5 Å². The van der Waals surface area contributed by atoms with Gasteiger partial charge in [0.05, 0.1) is 11.4 Å². The van der Waals surface area contributed by atoms with Crippen LogP contribution in [0.25, 0.3) is 0 Å². The number of nitrogen functional groups attached to an aromatic ring is 1. The van der Waals surface area contributed by atoms with E-state index < -0.39 is 35.1 Å². The number of nitrogens with zero attached hydrogens (tertiary/aromatic N) is 3. The molecule has 0 bridgehead atoms. The molecule has 37 heavy (non-hydrogen) atoms. The van der Waals surface area contributed by atoms with E-state index in [1.54, 1.807) is 30.3 Å². The number of rotatable bonds is 9. The Morgan fingerprint density at radius 3 is 2.24 bits per heavy atom. The molecule has 1 aromatic heterocycles. The molecule has 0 aliphatic heterocycles. The maximum Gasteiger partial charge on any atom is 0.273 e. The molecule has 1 atom stereocenters. The molecular weight excluding hydrogens is 495 g/mol. The molecular formula is C26H31FN6O3S. The minimum absolute atomic E-state index is 0.130. The first-order valence-corrected chi connectivity index (χ1v) is 12.4. The molecule has 3 aromatic rings. The Morgan fingerprint density at radius 2 is 1.73 bits per heavy atom. The SMILES string of the molecule is CCC(C)(C)NC(=O)C(c1ccc(N(C)C)cc1)N(C(=O)c1snc(C(N)=O)c1N)c1ccccc1F. The van der Waals surface area contributed by atoms with Gasteiger partial charge >= 0.3 is 0 Å². The van der Waals surface area contributed by atoms with E-state index in [0.717, 1.165) is 10.6 Å². The fraction of sp³-hybridized carbons (Fsp3) is 0.308. The number of anilines is 3. The molecule has 196 valence electrons. The van der Waals surface area contributed by atoms with Crippen LogP contribution in [0.4, 0.5) is 21.5 Å². The lowest BCUT2D eigenvalue weighted by Crippen LogP contribution is -2.50. The van der Waals surface area contributed by atoms with Crippen LogP contribution >= 0.6 is 11.5 Å². The molecule has 3 amide bonds. The van der Waals surface area contributed by atoms with Crippen LogP contribution in [0.2, 0.25) is 0 Å². The maximum absolute atomic E-state index is 15.2. The molecule has 5 N–H and O–H groups in total. The van der Waals surface area contributed by atoms with E-state index in [0.29, 0.717) is 23.5 Å². The third-order valence-electron chi connectivity index (χ3n) is 6.06. The number of nitrogens with two attached hydrogens (primary N) is 2. The van der Waals surface area contributed by atoms with Crippen molar-refractivity contribution in [3.8, 4) is 0 Å². The molecule has 0 aliphatic carbocycles. The molecule has 0 radical (unpaired) electrons. The summed E-state index contributed by atoms with van der Waals surface area (Å²) >= 11 is 0.662. The minimum Gasteiger partial charge on any atom is -0.395 e. The molecule has 3 rings (SSSR count). The van der Waals surface area contributed by atoms with Crippen molar-refractivity contribution in [3.63, 3.8) is 0 Å². The number of primary amides is 1. The van der Waals surface area contributed by atoms with Crippen molar-refractivity contribution in [2.45, 2.75) is 38.8 Å². The van der Waals surface area contributed by atoms with E-state index in [1.807, 2.05) is 39.8 Å². The second kappa shape index (κ2) is 11.0. The van der Waals surface area contributed by atoms with E-state index in [1.165, 1.54) is 18.2 Å². The van der Waals surface area contributed by atoms with Gasteiger partial charge in [0.2, 0.25) is 5.91 Å². The normalized spacial score (nSPS) is 12.1. The number of amides is 3. The van der Waals surface area contributed by atoms with Crippen molar-refractivity contribution in [2.24, 2.45) is 5.73 Å². The van der Waals surface area contributed by atoms with Gasteiger partial charge in [-0.3, -0.25) is 19.3 Å². The van der Waals surface area contributed by atoms with Gasteiger partial charge in [-0.25, -0.2) is 4.39 Å². The summed E-state index contributed by atoms with van der Waals surface area (Å²) < 4.78 is 19.1. The Morgan fingerprint density at radius 1 is 1.11 bits per heavy atom. The topological polar surface area (TPSA) is 135 Å². The number of aromatic nitrogens is 1. The second-order valence-electron chi connectivity index (χ2n) is 9.38. The van der Waals surface area contributed by atoms with Crippen LogP contribution in [-0.4, -0.2) is 41.7 Å². The average molecular weight is 527 g/mol. The minimum atomic E-state index is -1.27. The molecule has 9 nitrogen and oxygen atoms in total. The lowest BCUT2D eigenvalue weighted by Gasteiger charge is -2.34. The van der Waals surface area contributed by atoms with Crippen LogP contribution in [0.3, 0.4) is 0 Å². The standard InChI is InChI=1S/C26H31FN6O3S/c1-6-26(2,3)30-24(35)21(15-11-13-16(14-12-15)32(4)5)33(18-10-8-7-9-17(18)27)25(36)22-19(28)20(23(29)34)31-37-22/h7-14,21H,6,28H2,1-5H3,(H2,29,34)(H,30,35). The van der Waals surface area contributed by atoms with Crippen molar-refractivity contribution >= 4 is 46.3 Å². The lowest BCUT2D eigenvalue weighted by atomic mass is 9.97. The summed E-state index contributed by atoms with van der Waals surface area (Å²) in [6.07, 6.45) is 0.614. The molecule has 0 saturated carbocycles. The number of carbonyl (C=O) groups is 3. The number of nitrogens with one attached hydrogen (secondary N) is 1. The lowest BCUT2D eigenvalue weighted by molar-refractivity contribution is -0.124. The summed E-state index contributed by atoms with van der Waals surface area (Å²) in [6, 6.07) is 11.4. The number of carbonyl (C=O) groups excluding carboxylic acids is 3. The van der Waals surface area contributed by atoms with Gasteiger partial charge in [0.15, 0.2) is 5.69 Å². The van der Waals surface area contributed by atoms with E-state index in [9.17, 15) is 14.4 Å². The van der Waals surface area contributed by atoms with E-state index in [2.05, 4.69) is 9.69 Å². The fourth-order valence-corrected chi connectivity index (χ4v) is 4.36. The predicted molar refractivity (Wildman–Crippen MR) is 144 cm³/mol. The zero-order valence-corrected chi connectivity index (χ0v) is 22.2. The van der Waals surface area contributed by atoms with Gasteiger partial charge in [0, 0.05) is 25.3 Å². The number of para-hydroxylation sites is 1. The van der Waals surface area contributed by atoms with E-state index in [-0.39, 0.29) is 21.9 Å². The van der Waals surface area contributed by atoms with Gasteiger partial charge in [0.1, 0.15) is 16.7 Å². The maximum atomic E-state index is 15.2. The van der Waals surface area contributed by atoms with Crippen LogP contribution in [0.15, 0.2) is 48.5 Å². The smallest absolute Gasteiger partial charge is 0.273 e. The van der Waals surface area contributed by atoms with Gasteiger partial charge in [0.25, 0.3) is 11.8 Å². The molecule has 0 saturated heterocycles. The van der Waals surface area contributed by atoms with Gasteiger partial charge in [-0.05, 0) is 61.6 Å². The third-order valence-corrected chi connectivity index (χ3v) is 6.91. The summed E-state index contributed by atoms with van der Waals surface area (Å²) in [7, 11) is 3.75. The third kappa shape index (κ3) is 5.88. The quantitative estimate of drug-likeness (QED) is 0.389. The van der Waals surface area contributed by atoms with E-state index >= 15 is 4.39 Å². The van der Waals surface area contributed by atoms with Gasteiger partial charge in [-0.15, -0.1) is 0 Å². The Bertz CT molecular complexity index is 1310. The summed E-state index contributed by atoms with van der Waals surface area (Å²) in [4.78, 5) is 42.4. The number of benzene rings is 2. The number of hydrogen-bond acceptors (Lipinski definition) is 7. The molecule has 0 aliphatic rings. The highest BCUT2D eigenvalue weighted by atomic mass is 32.1.